The summed E-state index contributed by atoms with van der Waals surface area (Å²) in [5.41, 5.74) is 0.565. The Morgan fingerprint density at radius 2 is 2.07 bits per heavy atom. The zero-order chi connectivity index (χ0) is 20.3. The molecule has 0 fully saturated rings. The molecule has 7 nitrogen and oxygen atoms in total. The van der Waals surface area contributed by atoms with Crippen molar-refractivity contribution < 1.29 is 17.9 Å². The van der Waals surface area contributed by atoms with E-state index in [2.05, 4.69) is 10.3 Å². The summed E-state index contributed by atoms with van der Waals surface area (Å²) in [6, 6.07) is 8.31. The number of hydrogen-bond acceptors (Lipinski definition) is 6. The van der Waals surface area contributed by atoms with Crippen LogP contribution in [0.1, 0.15) is 19.3 Å². The summed E-state index contributed by atoms with van der Waals surface area (Å²) >= 11 is 0. The van der Waals surface area contributed by atoms with Crippen molar-refractivity contribution in [3.63, 3.8) is 0 Å². The van der Waals surface area contributed by atoms with Crippen molar-refractivity contribution in [3.8, 4) is 0 Å². The Bertz CT molecular complexity index is 1070. The molecule has 29 heavy (non-hydrogen) atoms. The molecule has 1 aromatic rings. The van der Waals surface area contributed by atoms with Crippen molar-refractivity contribution in [2.45, 2.75) is 24.2 Å². The Morgan fingerprint density at radius 3 is 2.83 bits per heavy atom. The van der Waals surface area contributed by atoms with Crippen LogP contribution < -0.4 is 5.32 Å². The predicted octanol–water partition coefficient (Wildman–Crippen LogP) is 2.63. The molecule has 0 aromatic heterocycles. The number of ether oxygens (including phenoxy) is 1. The molecule has 1 aromatic carbocycles. The fourth-order valence-corrected chi connectivity index (χ4v) is 4.91. The van der Waals surface area contributed by atoms with Gasteiger partial charge in [0.1, 0.15) is 17.9 Å². The van der Waals surface area contributed by atoms with Gasteiger partial charge in [0.15, 0.2) is 0 Å². The van der Waals surface area contributed by atoms with E-state index < -0.39 is 9.84 Å². The molecule has 4 rings (SSSR count). The second kappa shape index (κ2) is 8.08. The molecule has 0 saturated heterocycles. The minimum absolute atomic E-state index is 0.155. The fourth-order valence-electron chi connectivity index (χ4n) is 3.34. The van der Waals surface area contributed by atoms with Gasteiger partial charge in [-0.1, -0.05) is 24.3 Å². The highest BCUT2D eigenvalue weighted by molar-refractivity contribution is 7.95. The van der Waals surface area contributed by atoms with Gasteiger partial charge in [-0.2, -0.15) is 0 Å². The lowest BCUT2D eigenvalue weighted by Gasteiger charge is -2.24. The van der Waals surface area contributed by atoms with Crippen molar-refractivity contribution in [2.24, 2.45) is 4.99 Å². The lowest BCUT2D eigenvalue weighted by atomic mass is 10.0. The Kier molecular flexibility index (Phi) is 5.35. The topological polar surface area (TPSA) is 88.1 Å². The summed E-state index contributed by atoms with van der Waals surface area (Å²) in [7, 11) is -3.70. The molecule has 1 amide bonds. The van der Waals surface area contributed by atoms with Crippen LogP contribution in [0.3, 0.4) is 0 Å². The highest BCUT2D eigenvalue weighted by Crippen LogP contribution is 2.34. The molecule has 0 saturated carbocycles. The van der Waals surface area contributed by atoms with Crippen LogP contribution in [0, 0.1) is 0 Å². The maximum absolute atomic E-state index is 13.2. The Morgan fingerprint density at radius 1 is 1.24 bits per heavy atom. The quantitative estimate of drug-likeness (QED) is 0.805. The first kappa shape index (κ1) is 19.2. The summed E-state index contributed by atoms with van der Waals surface area (Å²) in [6.07, 6.45) is 9.28. The van der Waals surface area contributed by atoms with Crippen molar-refractivity contribution in [2.75, 3.05) is 13.1 Å². The first-order chi connectivity index (χ1) is 14.1. The van der Waals surface area contributed by atoms with E-state index in [1.54, 1.807) is 42.6 Å². The van der Waals surface area contributed by atoms with E-state index >= 15 is 0 Å². The summed E-state index contributed by atoms with van der Waals surface area (Å²) < 4.78 is 32.0. The van der Waals surface area contributed by atoms with Crippen LogP contribution in [-0.4, -0.2) is 38.2 Å². The van der Waals surface area contributed by atoms with E-state index in [1.807, 2.05) is 6.08 Å². The van der Waals surface area contributed by atoms with Crippen molar-refractivity contribution in [1.82, 2.24) is 10.2 Å². The third kappa shape index (κ3) is 4.02. The highest BCUT2D eigenvalue weighted by Gasteiger charge is 2.28. The number of allylic oxidation sites excluding steroid dienone is 3. The molecule has 2 heterocycles. The summed E-state index contributed by atoms with van der Waals surface area (Å²) in [5, 5.41) is 3.07. The maximum atomic E-state index is 13.2. The van der Waals surface area contributed by atoms with E-state index in [0.29, 0.717) is 36.6 Å². The second-order valence-corrected chi connectivity index (χ2v) is 8.65. The highest BCUT2D eigenvalue weighted by atomic mass is 32.2. The normalized spacial score (nSPS) is 18.8. The number of rotatable bonds is 5. The molecular weight excluding hydrogens is 390 g/mol. The number of benzene rings is 1. The van der Waals surface area contributed by atoms with Gasteiger partial charge in [0.2, 0.25) is 15.7 Å². The number of nitrogens with one attached hydrogen (secondary N) is 1. The zero-order valence-corrected chi connectivity index (χ0v) is 16.6. The van der Waals surface area contributed by atoms with E-state index in [0.717, 1.165) is 6.54 Å². The van der Waals surface area contributed by atoms with Crippen LogP contribution in [0.25, 0.3) is 0 Å². The number of hydrogen-bond donors (Lipinski definition) is 1. The molecule has 8 heteroatoms. The van der Waals surface area contributed by atoms with Gasteiger partial charge in [0.05, 0.1) is 29.0 Å². The number of carbonyl (C=O) groups excluding carboxylic acids is 1. The van der Waals surface area contributed by atoms with Gasteiger partial charge in [0, 0.05) is 18.3 Å². The summed E-state index contributed by atoms with van der Waals surface area (Å²) in [4.78, 5) is 18.7. The van der Waals surface area contributed by atoms with Crippen LogP contribution in [0.2, 0.25) is 0 Å². The first-order valence-corrected chi connectivity index (χ1v) is 10.9. The number of sulfone groups is 1. The van der Waals surface area contributed by atoms with Gasteiger partial charge in [-0.25, -0.2) is 8.42 Å². The SMILES string of the molecule is O=C(CC1=NCCN1)N1C=COC(C2=C(S(=O)(=O)c3ccccc3)C=CCC2)=C1. The fraction of sp³-hybridized carbons (Fsp3) is 0.238. The van der Waals surface area contributed by atoms with E-state index in [4.69, 9.17) is 4.74 Å². The molecule has 2 aliphatic heterocycles. The molecular formula is C21H21N3O4S. The minimum atomic E-state index is -3.70. The van der Waals surface area contributed by atoms with Gasteiger partial charge in [-0.15, -0.1) is 0 Å². The molecule has 0 bridgehead atoms. The van der Waals surface area contributed by atoms with Gasteiger partial charge < -0.3 is 10.1 Å². The lowest BCUT2D eigenvalue weighted by molar-refractivity contribution is -0.125. The van der Waals surface area contributed by atoms with Crippen molar-refractivity contribution in [1.29, 1.82) is 0 Å². The lowest BCUT2D eigenvalue weighted by Crippen LogP contribution is -2.29. The van der Waals surface area contributed by atoms with E-state index in [9.17, 15) is 13.2 Å². The summed E-state index contributed by atoms with van der Waals surface area (Å²) in [6.45, 7) is 1.41. The maximum Gasteiger partial charge on any atom is 0.238 e. The van der Waals surface area contributed by atoms with Crippen LogP contribution in [0.4, 0.5) is 0 Å². The first-order valence-electron chi connectivity index (χ1n) is 9.39. The third-order valence-electron chi connectivity index (χ3n) is 4.79. The van der Waals surface area contributed by atoms with Crippen molar-refractivity contribution >= 4 is 21.6 Å². The number of aliphatic imine (C=N–C) groups is 1. The Balaban J connectivity index is 1.66. The number of amides is 1. The molecule has 0 unspecified atom stereocenters. The molecule has 0 spiro atoms. The monoisotopic (exact) mass is 411 g/mol. The van der Waals surface area contributed by atoms with E-state index in [-0.39, 0.29) is 22.1 Å². The Labute approximate surface area is 169 Å². The minimum Gasteiger partial charge on any atom is -0.462 e. The van der Waals surface area contributed by atoms with Gasteiger partial charge in [0.25, 0.3) is 0 Å². The molecule has 0 atom stereocenters. The van der Waals surface area contributed by atoms with Gasteiger partial charge >= 0.3 is 0 Å². The van der Waals surface area contributed by atoms with Crippen molar-refractivity contribution in [3.05, 3.63) is 77.4 Å². The predicted molar refractivity (Wildman–Crippen MR) is 109 cm³/mol. The van der Waals surface area contributed by atoms with Crippen LogP contribution in [-0.2, 0) is 19.4 Å². The number of nitrogens with zero attached hydrogens (tertiary/aromatic N) is 2. The molecule has 150 valence electrons. The van der Waals surface area contributed by atoms with Gasteiger partial charge in [-0.3, -0.25) is 14.7 Å². The molecule has 1 aliphatic carbocycles. The summed E-state index contributed by atoms with van der Waals surface area (Å²) in [5.74, 6) is 0.854. The molecule has 0 radical (unpaired) electrons. The van der Waals surface area contributed by atoms with Crippen LogP contribution in [0.5, 0.6) is 0 Å². The zero-order valence-electron chi connectivity index (χ0n) is 15.7. The largest absolute Gasteiger partial charge is 0.462 e. The van der Waals surface area contributed by atoms with Crippen LogP contribution in [0.15, 0.2) is 87.3 Å². The molecule has 3 aliphatic rings. The van der Waals surface area contributed by atoms with E-state index in [1.165, 1.54) is 17.4 Å². The number of amidine groups is 1. The average Bonchev–Trinajstić information content (AvgIpc) is 3.27. The van der Waals surface area contributed by atoms with Crippen LogP contribution >= 0.6 is 0 Å². The third-order valence-corrected chi connectivity index (χ3v) is 6.65. The van der Waals surface area contributed by atoms with Gasteiger partial charge in [-0.05, 0) is 31.1 Å². The second-order valence-electron chi connectivity index (χ2n) is 6.73. The smallest absolute Gasteiger partial charge is 0.238 e. The standard InChI is InChI=1S/C21H21N3O4S/c25-21(14-20-22-10-11-23-20)24-12-13-28-18(15-24)17-8-4-5-9-19(17)29(26,27)16-6-2-1-3-7-16/h1-3,5-7,9,12-13,15H,4,8,10-11,14H2,(H,22,23). The Hall–Kier alpha value is -3.13. The molecule has 1 N–H and O–H groups in total. The average molecular weight is 411 g/mol. The number of carbonyl (C=O) groups is 1.